The number of pyridine rings is 1. The van der Waals surface area contributed by atoms with Gasteiger partial charge in [-0.1, -0.05) is 5.21 Å². The highest BCUT2D eigenvalue weighted by Crippen LogP contribution is 2.28. The van der Waals surface area contributed by atoms with Gasteiger partial charge in [0.2, 0.25) is 5.91 Å². The van der Waals surface area contributed by atoms with Crippen LogP contribution in [0.15, 0.2) is 30.7 Å². The SMILES string of the molecule is NCc1cn(CC(=O)N(Cc2ccncc2)C2CC2)nn1. The third-order valence-electron chi connectivity index (χ3n) is 3.50. The molecule has 0 aromatic carbocycles. The molecule has 3 rings (SSSR count). The van der Waals surface area contributed by atoms with Crippen LogP contribution in [-0.2, 0) is 24.4 Å². The Hall–Kier alpha value is -2.28. The van der Waals surface area contributed by atoms with Gasteiger partial charge in [-0.25, -0.2) is 4.68 Å². The second-order valence-electron chi connectivity index (χ2n) is 5.22. The van der Waals surface area contributed by atoms with Gasteiger partial charge in [-0.2, -0.15) is 0 Å². The Morgan fingerprint density at radius 1 is 1.38 bits per heavy atom. The van der Waals surface area contributed by atoms with E-state index < -0.39 is 0 Å². The van der Waals surface area contributed by atoms with Crippen molar-refractivity contribution < 1.29 is 4.79 Å². The van der Waals surface area contributed by atoms with Crippen molar-refractivity contribution in [2.75, 3.05) is 0 Å². The van der Waals surface area contributed by atoms with E-state index in [0.717, 1.165) is 18.4 Å². The lowest BCUT2D eigenvalue weighted by molar-refractivity contribution is -0.133. The molecule has 0 aliphatic heterocycles. The van der Waals surface area contributed by atoms with Crippen LogP contribution in [-0.4, -0.2) is 36.8 Å². The topological polar surface area (TPSA) is 89.9 Å². The third-order valence-corrected chi connectivity index (χ3v) is 3.50. The van der Waals surface area contributed by atoms with E-state index in [1.807, 2.05) is 17.0 Å². The number of amides is 1. The summed E-state index contributed by atoms with van der Waals surface area (Å²) in [5.41, 5.74) is 7.28. The van der Waals surface area contributed by atoms with E-state index >= 15 is 0 Å². The number of hydrogen-bond acceptors (Lipinski definition) is 5. The van der Waals surface area contributed by atoms with Gasteiger partial charge in [-0.05, 0) is 30.5 Å². The molecule has 1 aliphatic carbocycles. The summed E-state index contributed by atoms with van der Waals surface area (Å²) in [4.78, 5) is 18.4. The summed E-state index contributed by atoms with van der Waals surface area (Å²) in [5, 5.41) is 7.83. The van der Waals surface area contributed by atoms with Crippen molar-refractivity contribution in [1.29, 1.82) is 0 Å². The van der Waals surface area contributed by atoms with Gasteiger partial charge >= 0.3 is 0 Å². The number of nitrogens with zero attached hydrogens (tertiary/aromatic N) is 5. The fraction of sp³-hybridized carbons (Fsp3) is 0.429. The molecule has 1 aliphatic rings. The number of carbonyl (C=O) groups is 1. The van der Waals surface area contributed by atoms with Gasteiger partial charge in [0.1, 0.15) is 6.54 Å². The van der Waals surface area contributed by atoms with Crippen molar-refractivity contribution in [3.63, 3.8) is 0 Å². The first-order valence-corrected chi connectivity index (χ1v) is 7.03. The van der Waals surface area contributed by atoms with Gasteiger partial charge in [0.25, 0.3) is 0 Å². The van der Waals surface area contributed by atoms with Gasteiger partial charge in [0.15, 0.2) is 0 Å². The quantitative estimate of drug-likeness (QED) is 0.826. The smallest absolute Gasteiger partial charge is 0.244 e. The van der Waals surface area contributed by atoms with Gasteiger partial charge in [0.05, 0.1) is 11.9 Å². The first-order chi connectivity index (χ1) is 10.3. The second kappa shape index (κ2) is 6.01. The van der Waals surface area contributed by atoms with Crippen LogP contribution >= 0.6 is 0 Å². The van der Waals surface area contributed by atoms with Crippen molar-refractivity contribution >= 4 is 5.91 Å². The summed E-state index contributed by atoms with van der Waals surface area (Å²) in [6, 6.07) is 4.22. The minimum atomic E-state index is 0.0581. The highest BCUT2D eigenvalue weighted by molar-refractivity contribution is 5.76. The van der Waals surface area contributed by atoms with Crippen molar-refractivity contribution in [2.45, 2.75) is 38.5 Å². The predicted octanol–water partition coefficient (Wildman–Crippen LogP) is 0.323. The molecular weight excluding hydrogens is 268 g/mol. The average molecular weight is 286 g/mol. The zero-order chi connectivity index (χ0) is 14.7. The van der Waals surface area contributed by atoms with Gasteiger partial charge < -0.3 is 10.6 Å². The van der Waals surface area contributed by atoms with Crippen LogP contribution in [0.3, 0.4) is 0 Å². The zero-order valence-electron chi connectivity index (χ0n) is 11.7. The first kappa shape index (κ1) is 13.7. The Labute approximate surface area is 122 Å². The lowest BCUT2D eigenvalue weighted by Crippen LogP contribution is -2.35. The Morgan fingerprint density at radius 3 is 2.76 bits per heavy atom. The summed E-state index contributed by atoms with van der Waals surface area (Å²) in [6.07, 6.45) is 7.35. The molecule has 1 amide bonds. The lowest BCUT2D eigenvalue weighted by atomic mass is 10.2. The molecule has 1 fully saturated rings. The van der Waals surface area contributed by atoms with Crippen LogP contribution in [0.25, 0.3) is 0 Å². The van der Waals surface area contributed by atoms with E-state index in [1.54, 1.807) is 23.3 Å². The molecule has 7 heteroatoms. The lowest BCUT2D eigenvalue weighted by Gasteiger charge is -2.22. The predicted molar refractivity (Wildman–Crippen MR) is 75.7 cm³/mol. The van der Waals surface area contributed by atoms with Crippen LogP contribution in [0, 0.1) is 0 Å². The van der Waals surface area contributed by atoms with E-state index in [4.69, 9.17) is 5.73 Å². The first-order valence-electron chi connectivity index (χ1n) is 7.03. The largest absolute Gasteiger partial charge is 0.334 e. The van der Waals surface area contributed by atoms with Gasteiger partial charge in [-0.15, -0.1) is 5.10 Å². The maximum atomic E-state index is 12.5. The van der Waals surface area contributed by atoms with Crippen molar-refractivity contribution in [3.8, 4) is 0 Å². The van der Waals surface area contributed by atoms with Gasteiger partial charge in [0, 0.05) is 31.5 Å². The van der Waals surface area contributed by atoms with Crippen LogP contribution in [0.1, 0.15) is 24.1 Å². The summed E-state index contributed by atoms with van der Waals surface area (Å²) >= 11 is 0. The molecule has 21 heavy (non-hydrogen) atoms. The van der Waals surface area contributed by atoms with E-state index in [9.17, 15) is 4.79 Å². The highest BCUT2D eigenvalue weighted by Gasteiger charge is 2.32. The van der Waals surface area contributed by atoms with Gasteiger partial charge in [-0.3, -0.25) is 9.78 Å². The molecule has 0 radical (unpaired) electrons. The number of nitrogens with two attached hydrogens (primary N) is 1. The maximum Gasteiger partial charge on any atom is 0.244 e. The van der Waals surface area contributed by atoms with Crippen LogP contribution in [0.2, 0.25) is 0 Å². The molecule has 0 bridgehead atoms. The summed E-state index contributed by atoms with van der Waals surface area (Å²) in [5.74, 6) is 0.0581. The van der Waals surface area contributed by atoms with E-state index in [2.05, 4.69) is 15.3 Å². The Balaban J connectivity index is 1.67. The molecule has 1 saturated carbocycles. The minimum absolute atomic E-state index is 0.0581. The number of carbonyl (C=O) groups excluding carboxylic acids is 1. The van der Waals surface area contributed by atoms with Crippen LogP contribution in [0.4, 0.5) is 0 Å². The molecule has 2 aromatic rings. The molecule has 0 spiro atoms. The van der Waals surface area contributed by atoms with E-state index in [0.29, 0.717) is 24.8 Å². The molecule has 0 saturated heterocycles. The van der Waals surface area contributed by atoms with E-state index in [-0.39, 0.29) is 12.5 Å². The zero-order valence-corrected chi connectivity index (χ0v) is 11.7. The van der Waals surface area contributed by atoms with Crippen molar-refractivity contribution in [1.82, 2.24) is 24.9 Å². The monoisotopic (exact) mass is 286 g/mol. The number of hydrogen-bond donors (Lipinski definition) is 1. The molecule has 110 valence electrons. The highest BCUT2D eigenvalue weighted by atomic mass is 16.2. The number of aromatic nitrogens is 4. The third kappa shape index (κ3) is 3.43. The number of rotatable bonds is 6. The van der Waals surface area contributed by atoms with Crippen LogP contribution in [0.5, 0.6) is 0 Å². The molecule has 7 nitrogen and oxygen atoms in total. The average Bonchev–Trinajstić information content (AvgIpc) is 3.25. The van der Waals surface area contributed by atoms with Crippen molar-refractivity contribution in [2.24, 2.45) is 5.73 Å². The Morgan fingerprint density at radius 2 is 2.14 bits per heavy atom. The van der Waals surface area contributed by atoms with Crippen LogP contribution < -0.4 is 5.73 Å². The normalized spacial score (nSPS) is 14.1. The Kier molecular flexibility index (Phi) is 3.92. The summed E-state index contributed by atoms with van der Waals surface area (Å²) in [6.45, 7) is 1.15. The van der Waals surface area contributed by atoms with Crippen molar-refractivity contribution in [3.05, 3.63) is 42.0 Å². The maximum absolute atomic E-state index is 12.5. The summed E-state index contributed by atoms with van der Waals surface area (Å²) < 4.78 is 1.55. The summed E-state index contributed by atoms with van der Waals surface area (Å²) in [7, 11) is 0. The molecule has 2 aromatic heterocycles. The molecular formula is C14H18N6O. The molecule has 2 N–H and O–H groups in total. The fourth-order valence-corrected chi connectivity index (χ4v) is 2.23. The van der Waals surface area contributed by atoms with E-state index in [1.165, 1.54) is 0 Å². The standard InChI is InChI=1S/C14H18N6O/c15-7-12-9-19(18-17-12)10-14(21)20(13-1-2-13)8-11-3-5-16-6-4-11/h3-6,9,13H,1-2,7-8,10,15H2. The fourth-order valence-electron chi connectivity index (χ4n) is 2.23. The Bertz CT molecular complexity index is 607. The molecule has 0 unspecified atom stereocenters. The second-order valence-corrected chi connectivity index (χ2v) is 5.22. The molecule has 0 atom stereocenters. The molecule has 2 heterocycles. The minimum Gasteiger partial charge on any atom is -0.334 e.